The van der Waals surface area contributed by atoms with Gasteiger partial charge in [-0.25, -0.2) is 4.98 Å². The van der Waals surface area contributed by atoms with Gasteiger partial charge < -0.3 is 20.3 Å². The van der Waals surface area contributed by atoms with Crippen molar-refractivity contribution in [2.45, 2.75) is 26.3 Å². The zero-order valence-electron chi connectivity index (χ0n) is 17.1. The number of ether oxygens (including phenoxy) is 1. The molecule has 0 aliphatic rings. The first-order chi connectivity index (χ1) is 14.3. The highest BCUT2D eigenvalue weighted by molar-refractivity contribution is 7.13. The van der Waals surface area contributed by atoms with Gasteiger partial charge in [-0.05, 0) is 38.1 Å². The van der Waals surface area contributed by atoms with E-state index in [0.717, 1.165) is 0 Å². The van der Waals surface area contributed by atoms with Crippen molar-refractivity contribution in [1.29, 1.82) is 0 Å². The number of hydrogen-bond acceptors (Lipinski definition) is 6. The Morgan fingerprint density at radius 2 is 1.90 bits per heavy atom. The number of rotatable bonds is 10. The molecule has 0 fully saturated rings. The third-order valence-corrected chi connectivity index (χ3v) is 4.93. The minimum Gasteiger partial charge on any atom is -0.383 e. The highest BCUT2D eigenvalue weighted by Gasteiger charge is 2.19. The van der Waals surface area contributed by atoms with Gasteiger partial charge in [0, 0.05) is 35.7 Å². The number of anilines is 1. The van der Waals surface area contributed by atoms with Crippen LogP contribution in [-0.4, -0.2) is 60.5 Å². The van der Waals surface area contributed by atoms with Gasteiger partial charge in [-0.3, -0.25) is 14.4 Å². The summed E-state index contributed by atoms with van der Waals surface area (Å²) in [7, 11) is 1.53. The fraction of sp³-hybridized carbons (Fsp3) is 0.400. The van der Waals surface area contributed by atoms with Crippen molar-refractivity contribution in [3.63, 3.8) is 0 Å². The van der Waals surface area contributed by atoms with Crippen molar-refractivity contribution >= 4 is 45.8 Å². The molecular formula is C20H25ClN4O4S. The summed E-state index contributed by atoms with van der Waals surface area (Å²) in [5.41, 5.74) is 0.998. The Morgan fingerprint density at radius 3 is 2.53 bits per heavy atom. The monoisotopic (exact) mass is 452 g/mol. The van der Waals surface area contributed by atoms with Crippen molar-refractivity contribution < 1.29 is 19.1 Å². The van der Waals surface area contributed by atoms with E-state index >= 15 is 0 Å². The SMILES string of the molecule is COCCN(CC(=O)Nc1nc(CC(=O)NC(C)C)cs1)C(=O)c1ccc(Cl)cc1. The average molecular weight is 453 g/mol. The number of carbonyl (C=O) groups excluding carboxylic acids is 3. The van der Waals surface area contributed by atoms with E-state index in [1.807, 2.05) is 13.8 Å². The molecule has 0 saturated heterocycles. The van der Waals surface area contributed by atoms with Crippen LogP contribution in [0.4, 0.5) is 5.13 Å². The summed E-state index contributed by atoms with van der Waals surface area (Å²) in [4.78, 5) is 42.7. The number of carbonyl (C=O) groups is 3. The molecule has 0 unspecified atom stereocenters. The standard InChI is InChI=1S/C20H25ClN4O4S/c1-13(2)22-17(26)10-16-12-30-20(23-16)24-18(27)11-25(8-9-29-3)19(28)14-4-6-15(21)7-5-14/h4-7,12-13H,8-11H2,1-3H3,(H,22,26)(H,23,24,27). The number of hydrogen-bond donors (Lipinski definition) is 2. The maximum absolute atomic E-state index is 12.8. The normalized spacial score (nSPS) is 10.7. The lowest BCUT2D eigenvalue weighted by molar-refractivity contribution is -0.121. The van der Waals surface area contributed by atoms with Gasteiger partial charge >= 0.3 is 0 Å². The molecule has 1 aromatic heterocycles. The van der Waals surface area contributed by atoms with Gasteiger partial charge in [-0.15, -0.1) is 11.3 Å². The van der Waals surface area contributed by atoms with Gasteiger partial charge in [0.1, 0.15) is 6.54 Å². The minimum absolute atomic E-state index is 0.0477. The van der Waals surface area contributed by atoms with E-state index in [-0.39, 0.29) is 43.3 Å². The molecule has 0 spiro atoms. The molecule has 0 bridgehead atoms. The summed E-state index contributed by atoms with van der Waals surface area (Å²) in [5.74, 6) is -0.822. The lowest BCUT2D eigenvalue weighted by atomic mass is 10.2. The molecule has 1 aromatic carbocycles. The number of amides is 3. The van der Waals surface area contributed by atoms with Crippen LogP contribution in [0.3, 0.4) is 0 Å². The topological polar surface area (TPSA) is 101 Å². The van der Waals surface area contributed by atoms with Crippen molar-refractivity contribution in [1.82, 2.24) is 15.2 Å². The van der Waals surface area contributed by atoms with Crippen molar-refractivity contribution in [2.24, 2.45) is 0 Å². The Balaban J connectivity index is 1.98. The first-order valence-electron chi connectivity index (χ1n) is 9.36. The highest BCUT2D eigenvalue weighted by Crippen LogP contribution is 2.16. The minimum atomic E-state index is -0.388. The van der Waals surface area contributed by atoms with Crippen LogP contribution in [0.5, 0.6) is 0 Å². The lowest BCUT2D eigenvalue weighted by Gasteiger charge is -2.21. The summed E-state index contributed by atoms with van der Waals surface area (Å²) in [6, 6.07) is 6.51. The molecule has 30 heavy (non-hydrogen) atoms. The third kappa shape index (κ3) is 7.74. The molecule has 162 valence electrons. The molecule has 2 N–H and O–H groups in total. The van der Waals surface area contributed by atoms with E-state index in [4.69, 9.17) is 16.3 Å². The molecule has 1 heterocycles. The molecule has 10 heteroatoms. The maximum atomic E-state index is 12.8. The second kappa shape index (κ2) is 11.6. The molecular weight excluding hydrogens is 428 g/mol. The second-order valence-electron chi connectivity index (χ2n) is 6.82. The first-order valence-corrected chi connectivity index (χ1v) is 10.6. The lowest BCUT2D eigenvalue weighted by Crippen LogP contribution is -2.40. The van der Waals surface area contributed by atoms with Crippen LogP contribution in [0.2, 0.25) is 5.02 Å². The first kappa shape index (κ1) is 23.8. The average Bonchev–Trinajstić information content (AvgIpc) is 3.10. The Labute approximate surface area is 184 Å². The number of benzene rings is 1. The zero-order chi connectivity index (χ0) is 22.1. The molecule has 0 aliphatic heterocycles. The Morgan fingerprint density at radius 1 is 1.20 bits per heavy atom. The Hall–Kier alpha value is -2.49. The summed E-state index contributed by atoms with van der Waals surface area (Å²) >= 11 is 7.10. The number of thiazole rings is 1. The van der Waals surface area contributed by atoms with E-state index in [2.05, 4.69) is 15.6 Å². The molecule has 0 aliphatic carbocycles. The highest BCUT2D eigenvalue weighted by atomic mass is 35.5. The van der Waals surface area contributed by atoms with Crippen LogP contribution >= 0.6 is 22.9 Å². The molecule has 0 atom stereocenters. The quantitative estimate of drug-likeness (QED) is 0.577. The fourth-order valence-electron chi connectivity index (χ4n) is 2.54. The molecule has 2 aromatic rings. The van der Waals surface area contributed by atoms with Crippen LogP contribution < -0.4 is 10.6 Å². The van der Waals surface area contributed by atoms with E-state index in [1.54, 1.807) is 29.6 Å². The Bertz CT molecular complexity index is 870. The fourth-order valence-corrected chi connectivity index (χ4v) is 3.40. The zero-order valence-corrected chi connectivity index (χ0v) is 18.7. The van der Waals surface area contributed by atoms with Crippen LogP contribution in [0.25, 0.3) is 0 Å². The van der Waals surface area contributed by atoms with Gasteiger partial charge in [0.25, 0.3) is 5.91 Å². The smallest absolute Gasteiger partial charge is 0.254 e. The molecule has 0 saturated carbocycles. The van der Waals surface area contributed by atoms with Crippen LogP contribution in [0.15, 0.2) is 29.6 Å². The van der Waals surface area contributed by atoms with E-state index in [9.17, 15) is 14.4 Å². The molecule has 3 amide bonds. The van der Waals surface area contributed by atoms with E-state index in [0.29, 0.717) is 28.0 Å². The second-order valence-corrected chi connectivity index (χ2v) is 8.11. The number of halogens is 1. The van der Waals surface area contributed by atoms with Crippen molar-refractivity contribution in [3.05, 3.63) is 45.9 Å². The molecule has 2 rings (SSSR count). The predicted molar refractivity (Wildman–Crippen MR) is 117 cm³/mol. The number of methoxy groups -OCH3 is 1. The van der Waals surface area contributed by atoms with E-state index < -0.39 is 0 Å². The number of nitrogens with zero attached hydrogens (tertiary/aromatic N) is 2. The third-order valence-electron chi connectivity index (χ3n) is 3.87. The number of aromatic nitrogens is 1. The largest absolute Gasteiger partial charge is 0.383 e. The summed E-state index contributed by atoms with van der Waals surface area (Å²) in [6.45, 7) is 4.15. The molecule has 0 radical (unpaired) electrons. The van der Waals surface area contributed by atoms with Crippen molar-refractivity contribution in [3.8, 4) is 0 Å². The summed E-state index contributed by atoms with van der Waals surface area (Å²) < 4.78 is 5.05. The van der Waals surface area contributed by atoms with Crippen LogP contribution in [0.1, 0.15) is 29.9 Å². The molecule has 8 nitrogen and oxygen atoms in total. The van der Waals surface area contributed by atoms with Gasteiger partial charge in [-0.1, -0.05) is 11.6 Å². The van der Waals surface area contributed by atoms with Crippen LogP contribution in [-0.2, 0) is 20.7 Å². The van der Waals surface area contributed by atoms with Gasteiger partial charge in [0.2, 0.25) is 11.8 Å². The van der Waals surface area contributed by atoms with E-state index in [1.165, 1.54) is 23.3 Å². The van der Waals surface area contributed by atoms with Gasteiger partial charge in [-0.2, -0.15) is 0 Å². The summed E-state index contributed by atoms with van der Waals surface area (Å²) in [5, 5.41) is 8.09. The Kier molecular flexibility index (Phi) is 9.22. The van der Waals surface area contributed by atoms with Crippen molar-refractivity contribution in [2.75, 3.05) is 32.1 Å². The maximum Gasteiger partial charge on any atom is 0.254 e. The van der Waals surface area contributed by atoms with Gasteiger partial charge in [0.15, 0.2) is 5.13 Å². The number of nitrogens with one attached hydrogen (secondary N) is 2. The summed E-state index contributed by atoms with van der Waals surface area (Å²) in [6.07, 6.45) is 0.138. The van der Waals surface area contributed by atoms with Gasteiger partial charge in [0.05, 0.1) is 18.7 Å². The predicted octanol–water partition coefficient (Wildman–Crippen LogP) is 2.59. The van der Waals surface area contributed by atoms with Crippen LogP contribution in [0, 0.1) is 0 Å².